The van der Waals surface area contributed by atoms with E-state index in [1.54, 1.807) is 6.20 Å². The first-order valence-corrected chi connectivity index (χ1v) is 6.61. The Labute approximate surface area is 116 Å². The Hall–Kier alpha value is -1.23. The molecule has 4 heteroatoms. The molecule has 3 nitrogen and oxygen atoms in total. The van der Waals surface area contributed by atoms with Crippen LogP contribution in [0.3, 0.4) is 0 Å². The van der Waals surface area contributed by atoms with Gasteiger partial charge in [-0.2, -0.15) is 0 Å². The Kier molecular flexibility index (Phi) is 4.47. The molecule has 3 N–H and O–H groups in total. The molecule has 1 unspecified atom stereocenters. The lowest BCUT2D eigenvalue weighted by Gasteiger charge is -2.18. The summed E-state index contributed by atoms with van der Waals surface area (Å²) >= 11 is 3.44. The first-order chi connectivity index (χ1) is 8.70. The number of hydrazine groups is 1. The van der Waals surface area contributed by atoms with E-state index >= 15 is 0 Å². The molecule has 0 bridgehead atoms. The van der Waals surface area contributed by atoms with Gasteiger partial charge < -0.3 is 0 Å². The van der Waals surface area contributed by atoms with Crippen molar-refractivity contribution in [1.29, 1.82) is 0 Å². The van der Waals surface area contributed by atoms with Crippen LogP contribution in [0, 0.1) is 6.92 Å². The van der Waals surface area contributed by atoms with Crippen molar-refractivity contribution < 1.29 is 0 Å². The maximum Gasteiger partial charge on any atom is 0.0504 e. The average Bonchev–Trinajstić information content (AvgIpc) is 2.39. The van der Waals surface area contributed by atoms with Gasteiger partial charge in [-0.15, -0.1) is 0 Å². The number of rotatable bonds is 4. The van der Waals surface area contributed by atoms with Crippen LogP contribution in [0.4, 0.5) is 0 Å². The second-order valence-electron chi connectivity index (χ2n) is 4.28. The highest BCUT2D eigenvalue weighted by molar-refractivity contribution is 9.10. The quantitative estimate of drug-likeness (QED) is 0.674. The highest BCUT2D eigenvalue weighted by Crippen LogP contribution is 2.21. The largest absolute Gasteiger partial charge is 0.271 e. The summed E-state index contributed by atoms with van der Waals surface area (Å²) in [6, 6.07) is 10.4. The number of pyridine rings is 1. The molecule has 0 aliphatic heterocycles. The van der Waals surface area contributed by atoms with Crippen LogP contribution in [0.25, 0.3) is 0 Å². The standard InChI is InChI=1S/C14H16BrN3/c1-10-9-17-7-6-13(10)14(18-16)8-11-2-4-12(15)5-3-11/h2-7,9,14,18H,8,16H2,1H3. The van der Waals surface area contributed by atoms with Gasteiger partial charge in [0.1, 0.15) is 0 Å². The zero-order valence-electron chi connectivity index (χ0n) is 10.2. The fourth-order valence-electron chi connectivity index (χ4n) is 1.99. The number of aromatic nitrogens is 1. The number of nitrogens with two attached hydrogens (primary N) is 1. The first-order valence-electron chi connectivity index (χ1n) is 5.82. The van der Waals surface area contributed by atoms with Gasteiger partial charge in [0.15, 0.2) is 0 Å². The van der Waals surface area contributed by atoms with E-state index in [9.17, 15) is 0 Å². The molecule has 0 aliphatic carbocycles. The van der Waals surface area contributed by atoms with Gasteiger partial charge in [0.05, 0.1) is 6.04 Å². The van der Waals surface area contributed by atoms with Gasteiger partial charge >= 0.3 is 0 Å². The normalized spacial score (nSPS) is 12.4. The summed E-state index contributed by atoms with van der Waals surface area (Å²) in [5.41, 5.74) is 6.47. The van der Waals surface area contributed by atoms with Gasteiger partial charge in [0, 0.05) is 16.9 Å². The van der Waals surface area contributed by atoms with Crippen molar-refractivity contribution in [2.75, 3.05) is 0 Å². The summed E-state index contributed by atoms with van der Waals surface area (Å²) in [5, 5.41) is 0. The Bertz CT molecular complexity index is 511. The molecule has 0 fully saturated rings. The lowest BCUT2D eigenvalue weighted by molar-refractivity contribution is 0.548. The summed E-state index contributed by atoms with van der Waals surface area (Å²) in [4.78, 5) is 4.11. The molecule has 1 heterocycles. The number of nitrogens with one attached hydrogen (secondary N) is 1. The fourth-order valence-corrected chi connectivity index (χ4v) is 2.25. The minimum absolute atomic E-state index is 0.106. The molecule has 2 aromatic rings. The maximum atomic E-state index is 5.67. The molecule has 0 saturated carbocycles. The van der Waals surface area contributed by atoms with Crippen molar-refractivity contribution in [3.8, 4) is 0 Å². The van der Waals surface area contributed by atoms with Gasteiger partial charge in [0.2, 0.25) is 0 Å². The van der Waals surface area contributed by atoms with Crippen molar-refractivity contribution in [2.24, 2.45) is 5.84 Å². The first kappa shape index (κ1) is 13.2. The third-order valence-electron chi connectivity index (χ3n) is 2.99. The Balaban J connectivity index is 2.20. The lowest BCUT2D eigenvalue weighted by Crippen LogP contribution is -2.30. The van der Waals surface area contributed by atoms with Crippen LogP contribution in [-0.2, 0) is 6.42 Å². The van der Waals surface area contributed by atoms with E-state index in [0.717, 1.165) is 16.5 Å². The number of hydrogen-bond acceptors (Lipinski definition) is 3. The monoisotopic (exact) mass is 305 g/mol. The minimum atomic E-state index is 0.106. The third-order valence-corrected chi connectivity index (χ3v) is 3.52. The second-order valence-corrected chi connectivity index (χ2v) is 5.20. The summed E-state index contributed by atoms with van der Waals surface area (Å²) in [5.74, 6) is 5.67. The van der Waals surface area contributed by atoms with E-state index in [2.05, 4.69) is 38.5 Å². The van der Waals surface area contributed by atoms with Crippen LogP contribution in [0.5, 0.6) is 0 Å². The number of hydrogen-bond donors (Lipinski definition) is 2. The van der Waals surface area contributed by atoms with E-state index in [4.69, 9.17) is 5.84 Å². The van der Waals surface area contributed by atoms with E-state index < -0.39 is 0 Å². The Morgan fingerprint density at radius 1 is 1.28 bits per heavy atom. The average molecular weight is 306 g/mol. The molecule has 2 rings (SSSR count). The summed E-state index contributed by atoms with van der Waals surface area (Å²) in [6.07, 6.45) is 4.52. The molecule has 0 saturated heterocycles. The molecule has 94 valence electrons. The van der Waals surface area contributed by atoms with Crippen LogP contribution in [0.2, 0.25) is 0 Å². The molecule has 18 heavy (non-hydrogen) atoms. The van der Waals surface area contributed by atoms with E-state index in [1.807, 2.05) is 31.3 Å². The van der Waals surface area contributed by atoms with Crippen LogP contribution in [-0.4, -0.2) is 4.98 Å². The van der Waals surface area contributed by atoms with Crippen molar-refractivity contribution in [3.05, 3.63) is 63.9 Å². The predicted octanol–water partition coefficient (Wildman–Crippen LogP) is 2.90. The topological polar surface area (TPSA) is 50.9 Å². The fraction of sp³-hybridized carbons (Fsp3) is 0.214. The molecule has 1 atom stereocenters. The summed E-state index contributed by atoms with van der Waals surface area (Å²) in [6.45, 7) is 2.05. The highest BCUT2D eigenvalue weighted by Gasteiger charge is 2.12. The van der Waals surface area contributed by atoms with Crippen molar-refractivity contribution >= 4 is 15.9 Å². The van der Waals surface area contributed by atoms with Crippen LogP contribution < -0.4 is 11.3 Å². The Morgan fingerprint density at radius 3 is 2.61 bits per heavy atom. The van der Waals surface area contributed by atoms with Gasteiger partial charge in [-0.05, 0) is 48.2 Å². The van der Waals surface area contributed by atoms with E-state index in [-0.39, 0.29) is 6.04 Å². The molecule has 1 aromatic heterocycles. The molecule has 1 aromatic carbocycles. The highest BCUT2D eigenvalue weighted by atomic mass is 79.9. The van der Waals surface area contributed by atoms with Crippen molar-refractivity contribution in [2.45, 2.75) is 19.4 Å². The Morgan fingerprint density at radius 2 is 2.00 bits per heavy atom. The van der Waals surface area contributed by atoms with E-state index in [1.165, 1.54) is 11.1 Å². The van der Waals surface area contributed by atoms with Crippen molar-refractivity contribution in [3.63, 3.8) is 0 Å². The number of halogens is 1. The molecule has 0 amide bonds. The molecule has 0 spiro atoms. The number of aryl methyl sites for hydroxylation is 1. The zero-order valence-corrected chi connectivity index (χ0v) is 11.8. The smallest absolute Gasteiger partial charge is 0.0504 e. The number of nitrogens with zero attached hydrogens (tertiary/aromatic N) is 1. The van der Waals surface area contributed by atoms with Gasteiger partial charge in [-0.25, -0.2) is 0 Å². The van der Waals surface area contributed by atoms with Gasteiger partial charge in [-0.3, -0.25) is 16.3 Å². The van der Waals surface area contributed by atoms with Crippen LogP contribution in [0.15, 0.2) is 47.2 Å². The third kappa shape index (κ3) is 3.16. The molecular formula is C14H16BrN3. The van der Waals surface area contributed by atoms with Crippen LogP contribution in [0.1, 0.15) is 22.7 Å². The molecular weight excluding hydrogens is 290 g/mol. The molecule has 0 aliphatic rings. The van der Waals surface area contributed by atoms with Gasteiger partial charge in [-0.1, -0.05) is 28.1 Å². The number of benzene rings is 1. The van der Waals surface area contributed by atoms with Gasteiger partial charge in [0.25, 0.3) is 0 Å². The predicted molar refractivity (Wildman–Crippen MR) is 76.9 cm³/mol. The minimum Gasteiger partial charge on any atom is -0.271 e. The maximum absolute atomic E-state index is 5.67. The van der Waals surface area contributed by atoms with Crippen molar-refractivity contribution in [1.82, 2.24) is 10.4 Å². The summed E-state index contributed by atoms with van der Waals surface area (Å²) < 4.78 is 1.09. The molecule has 0 radical (unpaired) electrons. The van der Waals surface area contributed by atoms with Crippen LogP contribution >= 0.6 is 15.9 Å². The zero-order chi connectivity index (χ0) is 13.0. The second kappa shape index (κ2) is 6.09. The lowest BCUT2D eigenvalue weighted by atomic mass is 9.97. The SMILES string of the molecule is Cc1cnccc1C(Cc1ccc(Br)cc1)NN. The summed E-state index contributed by atoms with van der Waals surface area (Å²) in [7, 11) is 0. The van der Waals surface area contributed by atoms with E-state index in [0.29, 0.717) is 0 Å².